The van der Waals surface area contributed by atoms with Crippen LogP contribution in [0.2, 0.25) is 0 Å². The second-order valence-corrected chi connectivity index (χ2v) is 4.84. The lowest BCUT2D eigenvalue weighted by Gasteiger charge is -2.06. The van der Waals surface area contributed by atoms with Crippen molar-refractivity contribution in [1.29, 1.82) is 0 Å². The average Bonchev–Trinajstić information content (AvgIpc) is 2.42. The monoisotopic (exact) mass is 260 g/mol. The van der Waals surface area contributed by atoms with Crippen LogP contribution in [0.3, 0.4) is 0 Å². The highest BCUT2D eigenvalue weighted by atomic mass is 32.2. The molecule has 2 rings (SSSR count). The summed E-state index contributed by atoms with van der Waals surface area (Å²) in [5.41, 5.74) is 6.55. The van der Waals surface area contributed by atoms with Crippen LogP contribution in [-0.2, 0) is 0 Å². The molecule has 0 fully saturated rings. The highest BCUT2D eigenvalue weighted by Gasteiger charge is 2.00. The highest BCUT2D eigenvalue weighted by molar-refractivity contribution is 7.99. The van der Waals surface area contributed by atoms with Crippen LogP contribution >= 0.6 is 11.8 Å². The lowest BCUT2D eigenvalue weighted by atomic mass is 10.3. The third-order valence-electron chi connectivity index (χ3n) is 2.34. The molecule has 1 aromatic carbocycles. The van der Waals surface area contributed by atoms with E-state index in [0.29, 0.717) is 6.61 Å². The number of nitrogens with two attached hydrogens (primary N) is 1. The topological polar surface area (TPSA) is 48.1 Å². The summed E-state index contributed by atoms with van der Waals surface area (Å²) in [6.45, 7) is 0.712. The molecule has 0 saturated carbocycles. The molecule has 18 heavy (non-hydrogen) atoms. The maximum absolute atomic E-state index is 5.81. The van der Waals surface area contributed by atoms with Gasteiger partial charge in [0, 0.05) is 11.9 Å². The molecule has 0 atom stereocenters. The molecule has 0 aliphatic carbocycles. The molecule has 4 heteroatoms. The number of benzene rings is 1. The van der Waals surface area contributed by atoms with Gasteiger partial charge in [0.15, 0.2) is 0 Å². The van der Waals surface area contributed by atoms with Crippen LogP contribution in [0.5, 0.6) is 5.75 Å². The first kappa shape index (κ1) is 12.8. The zero-order valence-electron chi connectivity index (χ0n) is 10.1. The van der Waals surface area contributed by atoms with Crippen molar-refractivity contribution in [3.05, 3.63) is 48.7 Å². The van der Waals surface area contributed by atoms with Crippen LogP contribution < -0.4 is 10.5 Å². The number of thioether (sulfide) groups is 1. The molecular formula is C14H16N2OS. The van der Waals surface area contributed by atoms with E-state index >= 15 is 0 Å². The van der Waals surface area contributed by atoms with Gasteiger partial charge in [0.2, 0.25) is 0 Å². The zero-order chi connectivity index (χ0) is 12.6. The Labute approximate surface area is 111 Å². The van der Waals surface area contributed by atoms with Crippen LogP contribution in [0, 0.1) is 0 Å². The van der Waals surface area contributed by atoms with Gasteiger partial charge in [-0.3, -0.25) is 0 Å². The Kier molecular flexibility index (Phi) is 4.90. The molecule has 2 N–H and O–H groups in total. The van der Waals surface area contributed by atoms with Gasteiger partial charge in [0.05, 0.1) is 12.3 Å². The molecule has 2 aromatic rings. The summed E-state index contributed by atoms with van der Waals surface area (Å²) in [5, 5.41) is 0.900. The number of hydrogen-bond donors (Lipinski definition) is 1. The number of hydrogen-bond acceptors (Lipinski definition) is 4. The van der Waals surface area contributed by atoms with E-state index in [1.807, 2.05) is 42.5 Å². The number of pyridine rings is 1. The molecule has 0 saturated heterocycles. The Balaban J connectivity index is 1.66. The molecule has 1 heterocycles. The van der Waals surface area contributed by atoms with Crippen molar-refractivity contribution < 1.29 is 4.74 Å². The Morgan fingerprint density at radius 2 is 1.94 bits per heavy atom. The first-order chi connectivity index (χ1) is 8.86. The minimum atomic E-state index is 0.712. The molecular weight excluding hydrogens is 244 g/mol. The molecule has 0 spiro atoms. The first-order valence-corrected chi connectivity index (χ1v) is 6.86. The standard InChI is InChI=1S/C14H16N2OS/c15-13-8-4-9-16-14(13)18-11-5-10-17-12-6-2-1-3-7-12/h1-4,6-9H,5,10-11,15H2. The van der Waals surface area contributed by atoms with E-state index < -0.39 is 0 Å². The van der Waals surface area contributed by atoms with E-state index in [9.17, 15) is 0 Å². The second kappa shape index (κ2) is 6.91. The van der Waals surface area contributed by atoms with E-state index in [1.54, 1.807) is 18.0 Å². The summed E-state index contributed by atoms with van der Waals surface area (Å²) in [4.78, 5) is 4.23. The summed E-state index contributed by atoms with van der Waals surface area (Å²) in [5.74, 6) is 1.87. The molecule has 0 bridgehead atoms. The van der Waals surface area contributed by atoms with Crippen molar-refractivity contribution in [2.45, 2.75) is 11.4 Å². The van der Waals surface area contributed by atoms with Gasteiger partial charge in [-0.05, 0) is 30.7 Å². The minimum Gasteiger partial charge on any atom is -0.494 e. The van der Waals surface area contributed by atoms with Gasteiger partial charge < -0.3 is 10.5 Å². The average molecular weight is 260 g/mol. The van der Waals surface area contributed by atoms with Gasteiger partial charge in [-0.25, -0.2) is 4.98 Å². The summed E-state index contributed by atoms with van der Waals surface area (Å²) in [7, 11) is 0. The maximum Gasteiger partial charge on any atom is 0.119 e. The normalized spacial score (nSPS) is 10.2. The number of aromatic nitrogens is 1. The molecule has 0 aliphatic heterocycles. The quantitative estimate of drug-likeness (QED) is 0.640. The molecule has 0 aliphatic rings. The Morgan fingerprint density at radius 3 is 2.72 bits per heavy atom. The SMILES string of the molecule is Nc1cccnc1SCCCOc1ccccc1. The Morgan fingerprint density at radius 1 is 1.11 bits per heavy atom. The Hall–Kier alpha value is -1.68. The van der Waals surface area contributed by atoms with Gasteiger partial charge in [0.1, 0.15) is 10.8 Å². The van der Waals surface area contributed by atoms with E-state index in [0.717, 1.165) is 28.6 Å². The van der Waals surface area contributed by atoms with Gasteiger partial charge in [-0.2, -0.15) is 0 Å². The molecule has 0 radical (unpaired) electrons. The predicted octanol–water partition coefficient (Wildman–Crippen LogP) is 3.23. The van der Waals surface area contributed by atoms with Crippen LogP contribution in [0.15, 0.2) is 53.7 Å². The van der Waals surface area contributed by atoms with E-state index in [2.05, 4.69) is 4.98 Å². The number of rotatable bonds is 6. The first-order valence-electron chi connectivity index (χ1n) is 5.87. The number of nitrogens with zero attached hydrogens (tertiary/aromatic N) is 1. The molecule has 1 aromatic heterocycles. The maximum atomic E-state index is 5.81. The molecule has 0 amide bonds. The molecule has 94 valence electrons. The van der Waals surface area contributed by atoms with Crippen LogP contribution in [0.1, 0.15) is 6.42 Å². The smallest absolute Gasteiger partial charge is 0.119 e. The fourth-order valence-electron chi connectivity index (χ4n) is 1.46. The third kappa shape index (κ3) is 3.96. The van der Waals surface area contributed by atoms with Gasteiger partial charge in [-0.1, -0.05) is 18.2 Å². The van der Waals surface area contributed by atoms with Crippen molar-refractivity contribution in [2.24, 2.45) is 0 Å². The molecule has 3 nitrogen and oxygen atoms in total. The second-order valence-electron chi connectivity index (χ2n) is 3.76. The minimum absolute atomic E-state index is 0.712. The highest BCUT2D eigenvalue weighted by Crippen LogP contribution is 2.22. The number of nitrogen functional groups attached to an aromatic ring is 1. The number of ether oxygens (including phenoxy) is 1. The van der Waals surface area contributed by atoms with Crippen molar-refractivity contribution >= 4 is 17.4 Å². The van der Waals surface area contributed by atoms with Crippen LogP contribution in [-0.4, -0.2) is 17.3 Å². The molecule has 0 unspecified atom stereocenters. The summed E-state index contributed by atoms with van der Waals surface area (Å²) in [6.07, 6.45) is 2.73. The summed E-state index contributed by atoms with van der Waals surface area (Å²) >= 11 is 1.67. The lowest BCUT2D eigenvalue weighted by molar-refractivity contribution is 0.318. The van der Waals surface area contributed by atoms with Gasteiger partial charge in [-0.15, -0.1) is 11.8 Å². The fourth-order valence-corrected chi connectivity index (χ4v) is 2.28. The van der Waals surface area contributed by atoms with Gasteiger partial charge in [0.25, 0.3) is 0 Å². The van der Waals surface area contributed by atoms with Crippen molar-refractivity contribution in [3.63, 3.8) is 0 Å². The van der Waals surface area contributed by atoms with Crippen molar-refractivity contribution in [1.82, 2.24) is 4.98 Å². The third-order valence-corrected chi connectivity index (χ3v) is 3.45. The van der Waals surface area contributed by atoms with Gasteiger partial charge >= 0.3 is 0 Å². The van der Waals surface area contributed by atoms with E-state index in [1.165, 1.54) is 0 Å². The van der Waals surface area contributed by atoms with Crippen LogP contribution in [0.25, 0.3) is 0 Å². The Bertz CT molecular complexity index is 476. The number of para-hydroxylation sites is 1. The van der Waals surface area contributed by atoms with Crippen molar-refractivity contribution in [3.8, 4) is 5.75 Å². The van der Waals surface area contributed by atoms with E-state index in [-0.39, 0.29) is 0 Å². The largest absolute Gasteiger partial charge is 0.494 e. The van der Waals surface area contributed by atoms with Crippen LogP contribution in [0.4, 0.5) is 5.69 Å². The summed E-state index contributed by atoms with van der Waals surface area (Å²) in [6, 6.07) is 13.6. The van der Waals surface area contributed by atoms with E-state index in [4.69, 9.17) is 10.5 Å². The fraction of sp³-hybridized carbons (Fsp3) is 0.214. The zero-order valence-corrected chi connectivity index (χ0v) is 10.9. The number of anilines is 1. The van der Waals surface area contributed by atoms with Crippen molar-refractivity contribution in [2.75, 3.05) is 18.1 Å². The lowest BCUT2D eigenvalue weighted by Crippen LogP contribution is -1.99. The summed E-state index contributed by atoms with van der Waals surface area (Å²) < 4.78 is 5.61. The predicted molar refractivity (Wildman–Crippen MR) is 75.9 cm³/mol.